The molecule has 100 valence electrons. The van der Waals surface area contributed by atoms with E-state index in [1.165, 1.54) is 0 Å². The number of aryl methyl sites for hydroxylation is 1. The summed E-state index contributed by atoms with van der Waals surface area (Å²) in [7, 11) is 0. The number of pyridine rings is 1. The zero-order valence-corrected chi connectivity index (χ0v) is 11.0. The Bertz CT molecular complexity index is 512. The van der Waals surface area contributed by atoms with Crippen molar-refractivity contribution in [1.82, 2.24) is 4.98 Å². The van der Waals surface area contributed by atoms with Crippen molar-refractivity contribution in [3.63, 3.8) is 0 Å². The van der Waals surface area contributed by atoms with Crippen LogP contribution in [-0.2, 0) is 6.54 Å². The van der Waals surface area contributed by atoms with Gasteiger partial charge in [0.1, 0.15) is 24.7 Å². The first-order valence-corrected chi connectivity index (χ1v) is 6.26. The maximum absolute atomic E-state index is 5.60. The average Bonchev–Trinajstić information content (AvgIpc) is 2.46. The smallest absolute Gasteiger partial charge is 0.140 e. The molecule has 0 aliphatic carbocycles. The number of benzene rings is 1. The quantitative estimate of drug-likeness (QED) is 0.808. The molecule has 0 radical (unpaired) electrons. The molecule has 1 aromatic carbocycles. The zero-order chi connectivity index (χ0) is 13.5. The van der Waals surface area contributed by atoms with Crippen LogP contribution in [0.4, 0.5) is 0 Å². The summed E-state index contributed by atoms with van der Waals surface area (Å²) >= 11 is 0. The van der Waals surface area contributed by atoms with Crippen molar-refractivity contribution in [2.45, 2.75) is 13.5 Å². The summed E-state index contributed by atoms with van der Waals surface area (Å²) in [6.45, 7) is 3.45. The van der Waals surface area contributed by atoms with Crippen molar-refractivity contribution in [2.24, 2.45) is 5.73 Å². The Kier molecular flexibility index (Phi) is 4.75. The van der Waals surface area contributed by atoms with Crippen molar-refractivity contribution in [2.75, 3.05) is 13.2 Å². The molecule has 4 nitrogen and oxygen atoms in total. The van der Waals surface area contributed by atoms with E-state index in [-0.39, 0.29) is 0 Å². The molecule has 0 amide bonds. The predicted octanol–water partition coefficient (Wildman–Crippen LogP) is 2.31. The van der Waals surface area contributed by atoms with E-state index in [1.54, 1.807) is 6.20 Å². The highest BCUT2D eigenvalue weighted by Gasteiger charge is 1.99. The van der Waals surface area contributed by atoms with Crippen LogP contribution < -0.4 is 15.2 Å². The number of nitrogens with two attached hydrogens (primary N) is 1. The average molecular weight is 258 g/mol. The van der Waals surface area contributed by atoms with Crippen LogP contribution >= 0.6 is 0 Å². The van der Waals surface area contributed by atoms with Crippen LogP contribution in [0.1, 0.15) is 11.3 Å². The van der Waals surface area contributed by atoms with Gasteiger partial charge >= 0.3 is 0 Å². The largest absolute Gasteiger partial charge is 0.490 e. The Hall–Kier alpha value is -2.07. The van der Waals surface area contributed by atoms with Gasteiger partial charge in [0.05, 0.1) is 5.69 Å². The number of hydrogen-bond donors (Lipinski definition) is 1. The summed E-state index contributed by atoms with van der Waals surface area (Å²) in [6, 6.07) is 11.5. The van der Waals surface area contributed by atoms with E-state index in [0.717, 1.165) is 22.8 Å². The molecule has 19 heavy (non-hydrogen) atoms. The molecule has 0 aliphatic rings. The molecule has 4 heteroatoms. The monoisotopic (exact) mass is 258 g/mol. The Morgan fingerprint density at radius 3 is 2.47 bits per heavy atom. The van der Waals surface area contributed by atoms with Gasteiger partial charge in [0.25, 0.3) is 0 Å². The molecule has 1 aromatic heterocycles. The summed E-state index contributed by atoms with van der Waals surface area (Å²) in [6.07, 6.45) is 1.75. The lowest BCUT2D eigenvalue weighted by molar-refractivity contribution is 0.215. The lowest BCUT2D eigenvalue weighted by Gasteiger charge is -2.09. The van der Waals surface area contributed by atoms with Gasteiger partial charge in [-0.3, -0.25) is 4.98 Å². The molecule has 0 spiro atoms. The number of rotatable bonds is 6. The highest BCUT2D eigenvalue weighted by atomic mass is 16.5. The first kappa shape index (κ1) is 13.4. The molecule has 0 atom stereocenters. The molecule has 2 rings (SSSR count). The van der Waals surface area contributed by atoms with Gasteiger partial charge in [-0.05, 0) is 36.8 Å². The van der Waals surface area contributed by atoms with E-state index in [2.05, 4.69) is 4.98 Å². The van der Waals surface area contributed by atoms with Crippen LogP contribution in [0.2, 0.25) is 0 Å². The van der Waals surface area contributed by atoms with E-state index in [1.807, 2.05) is 43.3 Å². The summed E-state index contributed by atoms with van der Waals surface area (Å²) < 4.78 is 11.2. The fourth-order valence-corrected chi connectivity index (χ4v) is 1.65. The van der Waals surface area contributed by atoms with Gasteiger partial charge in [-0.2, -0.15) is 0 Å². The van der Waals surface area contributed by atoms with Crippen LogP contribution in [0.25, 0.3) is 0 Å². The standard InChI is InChI=1S/C15H18N2O2/c1-12-15(3-2-8-17-12)19-10-9-18-14-6-4-13(11-16)5-7-14/h2-8H,9-11,16H2,1H3. The third kappa shape index (κ3) is 3.96. The van der Waals surface area contributed by atoms with Crippen LogP contribution in [0, 0.1) is 6.92 Å². The number of ether oxygens (including phenoxy) is 2. The minimum atomic E-state index is 0.491. The number of aromatic nitrogens is 1. The minimum absolute atomic E-state index is 0.491. The molecule has 2 N–H and O–H groups in total. The highest BCUT2D eigenvalue weighted by molar-refractivity contribution is 5.27. The van der Waals surface area contributed by atoms with Gasteiger partial charge in [0.15, 0.2) is 0 Å². The molecule has 0 saturated carbocycles. The summed E-state index contributed by atoms with van der Waals surface area (Å²) in [5.41, 5.74) is 7.51. The summed E-state index contributed by atoms with van der Waals surface area (Å²) in [5.74, 6) is 1.62. The zero-order valence-electron chi connectivity index (χ0n) is 11.0. The first-order valence-electron chi connectivity index (χ1n) is 6.26. The third-order valence-corrected chi connectivity index (χ3v) is 2.73. The van der Waals surface area contributed by atoms with E-state index < -0.39 is 0 Å². The second-order valence-corrected chi connectivity index (χ2v) is 4.13. The molecule has 0 saturated heterocycles. The van der Waals surface area contributed by atoms with Crippen molar-refractivity contribution < 1.29 is 9.47 Å². The molecule has 0 bridgehead atoms. The van der Waals surface area contributed by atoms with Gasteiger partial charge in [-0.25, -0.2) is 0 Å². The molecule has 0 fully saturated rings. The molecule has 1 heterocycles. The van der Waals surface area contributed by atoms with Gasteiger partial charge in [0.2, 0.25) is 0 Å². The van der Waals surface area contributed by atoms with Crippen LogP contribution in [0.15, 0.2) is 42.6 Å². The maximum atomic E-state index is 5.60. The van der Waals surface area contributed by atoms with Crippen LogP contribution in [0.5, 0.6) is 11.5 Å². The van der Waals surface area contributed by atoms with E-state index in [9.17, 15) is 0 Å². The lowest BCUT2D eigenvalue weighted by Crippen LogP contribution is -2.09. The van der Waals surface area contributed by atoms with Gasteiger partial charge in [0, 0.05) is 12.7 Å². The number of hydrogen-bond acceptors (Lipinski definition) is 4. The topological polar surface area (TPSA) is 57.4 Å². The van der Waals surface area contributed by atoms with Crippen LogP contribution in [0.3, 0.4) is 0 Å². The summed E-state index contributed by atoms with van der Waals surface area (Å²) in [4.78, 5) is 4.16. The fourth-order valence-electron chi connectivity index (χ4n) is 1.65. The van der Waals surface area contributed by atoms with Crippen molar-refractivity contribution in [3.8, 4) is 11.5 Å². The Labute approximate surface area is 113 Å². The third-order valence-electron chi connectivity index (χ3n) is 2.73. The minimum Gasteiger partial charge on any atom is -0.490 e. The van der Waals surface area contributed by atoms with E-state index in [4.69, 9.17) is 15.2 Å². The number of nitrogens with zero attached hydrogens (tertiary/aromatic N) is 1. The lowest BCUT2D eigenvalue weighted by atomic mass is 10.2. The highest BCUT2D eigenvalue weighted by Crippen LogP contribution is 2.14. The molecule has 0 unspecified atom stereocenters. The normalized spacial score (nSPS) is 10.2. The van der Waals surface area contributed by atoms with Crippen molar-refractivity contribution in [3.05, 3.63) is 53.9 Å². The fraction of sp³-hybridized carbons (Fsp3) is 0.267. The van der Waals surface area contributed by atoms with E-state index >= 15 is 0 Å². The van der Waals surface area contributed by atoms with Crippen molar-refractivity contribution >= 4 is 0 Å². The van der Waals surface area contributed by atoms with Gasteiger partial charge in [-0.1, -0.05) is 12.1 Å². The molecular formula is C15H18N2O2. The SMILES string of the molecule is Cc1ncccc1OCCOc1ccc(CN)cc1. The van der Waals surface area contributed by atoms with E-state index in [0.29, 0.717) is 19.8 Å². The molecule has 2 aromatic rings. The molecule has 0 aliphatic heterocycles. The Morgan fingerprint density at radius 2 is 1.79 bits per heavy atom. The first-order chi connectivity index (χ1) is 9.29. The second-order valence-electron chi connectivity index (χ2n) is 4.13. The van der Waals surface area contributed by atoms with Crippen LogP contribution in [-0.4, -0.2) is 18.2 Å². The molecular weight excluding hydrogens is 240 g/mol. The predicted molar refractivity (Wildman–Crippen MR) is 74.3 cm³/mol. The maximum Gasteiger partial charge on any atom is 0.140 e. The second kappa shape index (κ2) is 6.75. The Balaban J connectivity index is 1.76. The van der Waals surface area contributed by atoms with Crippen molar-refractivity contribution in [1.29, 1.82) is 0 Å². The van der Waals surface area contributed by atoms with Gasteiger partial charge < -0.3 is 15.2 Å². The van der Waals surface area contributed by atoms with Gasteiger partial charge in [-0.15, -0.1) is 0 Å². The summed E-state index contributed by atoms with van der Waals surface area (Å²) in [5, 5.41) is 0. The Morgan fingerprint density at radius 1 is 1.05 bits per heavy atom.